The zero-order valence-electron chi connectivity index (χ0n) is 4.59. The Morgan fingerprint density at radius 1 is 1.75 bits per heavy atom. The van der Waals surface area contributed by atoms with E-state index >= 15 is 0 Å². The summed E-state index contributed by atoms with van der Waals surface area (Å²) in [4.78, 5) is 6.82. The molecule has 1 aromatic rings. The highest BCUT2D eigenvalue weighted by Crippen LogP contribution is 1.88. The van der Waals surface area contributed by atoms with Crippen molar-refractivity contribution in [2.24, 2.45) is 5.73 Å². The van der Waals surface area contributed by atoms with Gasteiger partial charge in [-0.25, -0.2) is 4.98 Å². The Labute approximate surface area is 47.9 Å². The summed E-state index contributed by atoms with van der Waals surface area (Å²) in [6.07, 6.45) is 4.38. The average Bonchev–Trinajstić information content (AvgIpc) is 2.19. The van der Waals surface area contributed by atoms with E-state index in [9.17, 15) is 0 Å². The van der Waals surface area contributed by atoms with Gasteiger partial charge < -0.3 is 10.7 Å². The molecule has 44 valence electrons. The number of nitrogens with zero attached hydrogens (tertiary/aromatic N) is 1. The first kappa shape index (κ1) is 5.31. The van der Waals surface area contributed by atoms with E-state index in [1.165, 1.54) is 0 Å². The molecule has 1 rings (SSSR count). The van der Waals surface area contributed by atoms with Gasteiger partial charge in [-0.05, 0) is 6.54 Å². The van der Waals surface area contributed by atoms with Crippen LogP contribution in [0, 0.1) is 0 Å². The summed E-state index contributed by atoms with van der Waals surface area (Å²) < 4.78 is 0. The molecule has 0 aliphatic rings. The molecular weight excluding hydrogens is 103 g/mol. The van der Waals surface area contributed by atoms with Gasteiger partial charge in [0, 0.05) is 12.6 Å². The number of nitrogens with one attached hydrogen (secondary N) is 1. The Balaban J connectivity index is 2.50. The molecule has 0 saturated heterocycles. The number of aromatic amines is 1. The minimum absolute atomic E-state index is 0.671. The standard InChI is InChI=1S/C5H9N3/c6-2-1-5-3-7-4-8-5/h3-4H,1-2,6H2,(H,7,8)/i2+1. The summed E-state index contributed by atoms with van der Waals surface area (Å²) in [6.45, 7) is 0.671. The number of nitrogens with two attached hydrogens (primary N) is 1. The van der Waals surface area contributed by atoms with Crippen molar-refractivity contribution in [2.45, 2.75) is 6.42 Å². The second-order valence-electron chi connectivity index (χ2n) is 1.60. The molecule has 0 aliphatic heterocycles. The third-order valence-corrected chi connectivity index (χ3v) is 0.955. The zero-order valence-corrected chi connectivity index (χ0v) is 4.59. The number of hydrogen-bond acceptors (Lipinski definition) is 2. The van der Waals surface area contributed by atoms with Gasteiger partial charge in [0.15, 0.2) is 0 Å². The molecule has 3 heteroatoms. The predicted molar refractivity (Wildman–Crippen MR) is 31.3 cm³/mol. The van der Waals surface area contributed by atoms with Gasteiger partial charge in [0.05, 0.1) is 12.0 Å². The van der Waals surface area contributed by atoms with Gasteiger partial charge in [-0.3, -0.25) is 0 Å². The van der Waals surface area contributed by atoms with E-state index in [1.807, 2.05) is 6.20 Å². The van der Waals surface area contributed by atoms with Crippen LogP contribution < -0.4 is 5.73 Å². The molecule has 0 aliphatic carbocycles. The second kappa shape index (κ2) is 2.47. The maximum Gasteiger partial charge on any atom is 0.0923 e. The maximum atomic E-state index is 5.27. The van der Waals surface area contributed by atoms with E-state index < -0.39 is 0 Å². The molecule has 0 spiro atoms. The summed E-state index contributed by atoms with van der Waals surface area (Å²) in [5.74, 6) is 0. The van der Waals surface area contributed by atoms with Crippen LogP contribution in [0.25, 0.3) is 0 Å². The van der Waals surface area contributed by atoms with Crippen molar-refractivity contribution in [3.05, 3.63) is 18.2 Å². The van der Waals surface area contributed by atoms with Crippen LogP contribution in [0.4, 0.5) is 0 Å². The molecule has 3 N–H and O–H groups in total. The number of imidazole rings is 1. The van der Waals surface area contributed by atoms with Crippen LogP contribution in [0.2, 0.25) is 0 Å². The second-order valence-corrected chi connectivity index (χ2v) is 1.60. The lowest BCUT2D eigenvalue weighted by Crippen LogP contribution is -2.02. The smallest absolute Gasteiger partial charge is 0.0923 e. The Morgan fingerprint density at radius 3 is 3.12 bits per heavy atom. The average molecular weight is 112 g/mol. The summed E-state index contributed by atoms with van der Waals surface area (Å²) in [5.41, 5.74) is 6.30. The van der Waals surface area contributed by atoms with Crippen molar-refractivity contribution in [1.29, 1.82) is 0 Å². The Hall–Kier alpha value is -0.830. The highest BCUT2D eigenvalue weighted by molar-refractivity contribution is 4.93. The van der Waals surface area contributed by atoms with Crippen LogP contribution in [0.5, 0.6) is 0 Å². The minimum atomic E-state index is 0.671. The molecule has 0 aromatic carbocycles. The molecule has 0 bridgehead atoms. The summed E-state index contributed by atoms with van der Waals surface area (Å²) in [5, 5.41) is 0. The number of aromatic nitrogens is 2. The minimum Gasteiger partial charge on any atom is -0.351 e. The summed E-state index contributed by atoms with van der Waals surface area (Å²) >= 11 is 0. The van der Waals surface area contributed by atoms with E-state index in [4.69, 9.17) is 5.73 Å². The Kier molecular flexibility index (Phi) is 1.64. The van der Waals surface area contributed by atoms with Crippen LogP contribution in [-0.2, 0) is 6.42 Å². The first-order valence-electron chi connectivity index (χ1n) is 2.61. The van der Waals surface area contributed by atoms with Crippen LogP contribution in [0.1, 0.15) is 5.69 Å². The molecule has 0 atom stereocenters. The maximum absolute atomic E-state index is 5.27. The normalized spacial score (nSPS) is 9.62. The van der Waals surface area contributed by atoms with Crippen molar-refractivity contribution in [1.82, 2.24) is 9.97 Å². The lowest BCUT2D eigenvalue weighted by atomic mass is 10.4. The lowest BCUT2D eigenvalue weighted by molar-refractivity contribution is 0.935. The fraction of sp³-hybridized carbons (Fsp3) is 0.400. The highest BCUT2D eigenvalue weighted by atomic mass is 14.9. The van der Waals surface area contributed by atoms with Gasteiger partial charge in [-0.2, -0.15) is 0 Å². The van der Waals surface area contributed by atoms with Crippen molar-refractivity contribution < 1.29 is 0 Å². The van der Waals surface area contributed by atoms with Gasteiger partial charge in [-0.15, -0.1) is 0 Å². The van der Waals surface area contributed by atoms with Crippen molar-refractivity contribution in [3.8, 4) is 0 Å². The first-order valence-corrected chi connectivity index (χ1v) is 2.61. The van der Waals surface area contributed by atoms with Gasteiger partial charge >= 0.3 is 0 Å². The first-order chi connectivity index (χ1) is 3.93. The van der Waals surface area contributed by atoms with E-state index in [2.05, 4.69) is 9.97 Å². The van der Waals surface area contributed by atoms with Gasteiger partial charge in [0.2, 0.25) is 0 Å². The number of hydrogen-bond donors (Lipinski definition) is 2. The third kappa shape index (κ3) is 1.07. The van der Waals surface area contributed by atoms with Crippen LogP contribution in [-0.4, -0.2) is 16.5 Å². The number of rotatable bonds is 2. The SMILES string of the molecule is N[13CH2]Cc1c[nH]cn1. The molecule has 0 fully saturated rings. The Morgan fingerprint density at radius 2 is 2.62 bits per heavy atom. The fourth-order valence-corrected chi connectivity index (χ4v) is 0.576. The predicted octanol–water partition coefficient (Wildman–Crippen LogP) is -0.0891. The van der Waals surface area contributed by atoms with Gasteiger partial charge in [-0.1, -0.05) is 0 Å². The topological polar surface area (TPSA) is 54.7 Å². The molecular formula is C5H9N3. The van der Waals surface area contributed by atoms with E-state index in [0.717, 1.165) is 12.1 Å². The zero-order chi connectivity index (χ0) is 5.82. The molecule has 0 amide bonds. The molecule has 0 unspecified atom stereocenters. The quantitative estimate of drug-likeness (QED) is 0.525. The summed E-state index contributed by atoms with van der Waals surface area (Å²) in [7, 11) is 0. The molecule has 3 nitrogen and oxygen atoms in total. The Bertz CT molecular complexity index is 133. The largest absolute Gasteiger partial charge is 0.351 e. The molecule has 0 radical (unpaired) electrons. The van der Waals surface area contributed by atoms with Crippen LogP contribution in [0.3, 0.4) is 0 Å². The molecule has 8 heavy (non-hydrogen) atoms. The molecule has 1 aromatic heterocycles. The van der Waals surface area contributed by atoms with E-state index in [0.29, 0.717) is 6.54 Å². The van der Waals surface area contributed by atoms with E-state index in [-0.39, 0.29) is 0 Å². The lowest BCUT2D eigenvalue weighted by Gasteiger charge is -1.85. The van der Waals surface area contributed by atoms with E-state index in [1.54, 1.807) is 6.33 Å². The van der Waals surface area contributed by atoms with Crippen molar-refractivity contribution >= 4 is 0 Å². The van der Waals surface area contributed by atoms with Gasteiger partial charge in [0.25, 0.3) is 0 Å². The number of H-pyrrole nitrogens is 1. The van der Waals surface area contributed by atoms with Crippen molar-refractivity contribution in [2.75, 3.05) is 6.54 Å². The summed E-state index contributed by atoms with van der Waals surface area (Å²) in [6, 6.07) is 0. The van der Waals surface area contributed by atoms with Crippen LogP contribution >= 0.6 is 0 Å². The molecule has 0 saturated carbocycles. The monoisotopic (exact) mass is 112 g/mol. The van der Waals surface area contributed by atoms with Gasteiger partial charge in [0.1, 0.15) is 0 Å². The fourth-order valence-electron chi connectivity index (χ4n) is 0.576. The third-order valence-electron chi connectivity index (χ3n) is 0.955. The van der Waals surface area contributed by atoms with Crippen LogP contribution in [0.15, 0.2) is 12.5 Å². The van der Waals surface area contributed by atoms with Crippen molar-refractivity contribution in [3.63, 3.8) is 0 Å². The highest BCUT2D eigenvalue weighted by Gasteiger charge is 1.87. The molecule has 1 heterocycles.